The van der Waals surface area contributed by atoms with Crippen LogP contribution >= 0.6 is 0 Å². The molecular formula is C12H17NO2. The van der Waals surface area contributed by atoms with Crippen molar-refractivity contribution in [3.05, 3.63) is 11.1 Å². The van der Waals surface area contributed by atoms with Crippen LogP contribution in [-0.4, -0.2) is 17.2 Å². The Kier molecular flexibility index (Phi) is 2.41. The Balaban J connectivity index is 2.28. The minimum absolute atomic E-state index is 0.0735. The zero-order chi connectivity index (χ0) is 11.1. The largest absolute Gasteiger partial charge is 0.343 e. The van der Waals surface area contributed by atoms with E-state index >= 15 is 0 Å². The van der Waals surface area contributed by atoms with Crippen LogP contribution in [0.25, 0.3) is 0 Å². The van der Waals surface area contributed by atoms with E-state index in [2.05, 4.69) is 5.32 Å². The van der Waals surface area contributed by atoms with Gasteiger partial charge in [0, 0.05) is 18.4 Å². The summed E-state index contributed by atoms with van der Waals surface area (Å²) in [5, 5.41) is 3.08. The van der Waals surface area contributed by atoms with Crippen LogP contribution in [0.3, 0.4) is 0 Å². The lowest BCUT2D eigenvalue weighted by Gasteiger charge is -2.34. The standard InChI is InChI=1S/C12H17NO2/c1-3-10-8(2)12(13-11(10)15)6-4-9(14)5-7-12/h3-7H2,1-2H3,(H,13,15). The Morgan fingerprint density at radius 1 is 1.27 bits per heavy atom. The summed E-state index contributed by atoms with van der Waals surface area (Å²) in [5.41, 5.74) is 1.91. The molecule has 82 valence electrons. The number of carbonyl (C=O) groups is 2. The average Bonchev–Trinajstić information content (AvgIpc) is 2.44. The van der Waals surface area contributed by atoms with Gasteiger partial charge in [0.15, 0.2) is 0 Å². The maximum atomic E-state index is 11.7. The molecule has 0 atom stereocenters. The van der Waals surface area contributed by atoms with Gasteiger partial charge in [-0.2, -0.15) is 0 Å². The highest BCUT2D eigenvalue weighted by atomic mass is 16.2. The van der Waals surface area contributed by atoms with E-state index in [1.165, 1.54) is 5.57 Å². The Hall–Kier alpha value is -1.12. The molecule has 3 heteroatoms. The van der Waals surface area contributed by atoms with E-state index < -0.39 is 0 Å². The molecule has 0 unspecified atom stereocenters. The summed E-state index contributed by atoms with van der Waals surface area (Å²) in [6.45, 7) is 4.04. The molecule has 1 aliphatic carbocycles. The van der Waals surface area contributed by atoms with Gasteiger partial charge in [-0.25, -0.2) is 0 Å². The molecule has 0 aromatic heterocycles. The molecule has 0 saturated heterocycles. The van der Waals surface area contributed by atoms with Crippen LogP contribution < -0.4 is 5.32 Å². The van der Waals surface area contributed by atoms with Crippen molar-refractivity contribution in [2.45, 2.75) is 51.5 Å². The van der Waals surface area contributed by atoms with Crippen LogP contribution in [-0.2, 0) is 9.59 Å². The maximum absolute atomic E-state index is 11.7. The highest BCUT2D eigenvalue weighted by molar-refractivity contribution is 5.98. The quantitative estimate of drug-likeness (QED) is 0.711. The topological polar surface area (TPSA) is 46.2 Å². The van der Waals surface area contributed by atoms with Crippen LogP contribution in [0.1, 0.15) is 46.0 Å². The number of carbonyl (C=O) groups excluding carboxylic acids is 2. The third-order valence-corrected chi connectivity index (χ3v) is 3.81. The van der Waals surface area contributed by atoms with E-state index in [1.807, 2.05) is 13.8 Å². The molecule has 1 fully saturated rings. The number of Topliss-reactive ketones (excluding diaryl/α,β-unsaturated/α-hetero) is 1. The number of hydrogen-bond acceptors (Lipinski definition) is 2. The van der Waals surface area contributed by atoms with E-state index in [4.69, 9.17) is 0 Å². The van der Waals surface area contributed by atoms with Crippen LogP contribution in [0.2, 0.25) is 0 Å². The second-order valence-electron chi connectivity index (χ2n) is 4.53. The first-order valence-corrected chi connectivity index (χ1v) is 5.63. The fourth-order valence-corrected chi connectivity index (χ4v) is 2.73. The van der Waals surface area contributed by atoms with Gasteiger partial charge in [0.2, 0.25) is 5.91 Å². The maximum Gasteiger partial charge on any atom is 0.247 e. The lowest BCUT2D eigenvalue weighted by Crippen LogP contribution is -2.47. The second-order valence-corrected chi connectivity index (χ2v) is 4.53. The fraction of sp³-hybridized carbons (Fsp3) is 0.667. The van der Waals surface area contributed by atoms with E-state index in [0.29, 0.717) is 18.6 Å². The normalized spacial score (nSPS) is 24.9. The van der Waals surface area contributed by atoms with E-state index in [1.54, 1.807) is 0 Å². The molecule has 0 aromatic rings. The second kappa shape index (κ2) is 3.47. The zero-order valence-corrected chi connectivity index (χ0v) is 9.35. The fourth-order valence-electron chi connectivity index (χ4n) is 2.73. The molecule has 1 heterocycles. The third kappa shape index (κ3) is 1.50. The molecule has 1 N–H and O–H groups in total. The van der Waals surface area contributed by atoms with Gasteiger partial charge in [0.05, 0.1) is 5.54 Å². The molecule has 15 heavy (non-hydrogen) atoms. The van der Waals surface area contributed by atoms with Crippen molar-refractivity contribution in [2.75, 3.05) is 0 Å². The summed E-state index contributed by atoms with van der Waals surface area (Å²) >= 11 is 0. The van der Waals surface area contributed by atoms with Crippen molar-refractivity contribution >= 4 is 11.7 Å². The molecule has 0 aromatic carbocycles. The third-order valence-electron chi connectivity index (χ3n) is 3.81. The minimum Gasteiger partial charge on any atom is -0.343 e. The highest BCUT2D eigenvalue weighted by Crippen LogP contribution is 2.38. The smallest absolute Gasteiger partial charge is 0.247 e. The molecule has 1 aliphatic heterocycles. The number of amides is 1. The first-order chi connectivity index (χ1) is 7.09. The van der Waals surface area contributed by atoms with Crippen LogP contribution in [0.5, 0.6) is 0 Å². The molecule has 1 amide bonds. The van der Waals surface area contributed by atoms with E-state index in [-0.39, 0.29) is 11.4 Å². The van der Waals surface area contributed by atoms with Gasteiger partial charge in [-0.05, 0) is 31.8 Å². The average molecular weight is 207 g/mol. The van der Waals surface area contributed by atoms with Crippen molar-refractivity contribution in [3.63, 3.8) is 0 Å². The van der Waals surface area contributed by atoms with Crippen LogP contribution in [0.4, 0.5) is 0 Å². The van der Waals surface area contributed by atoms with Gasteiger partial charge >= 0.3 is 0 Å². The predicted octanol–water partition coefficient (Wildman–Crippen LogP) is 1.72. The van der Waals surface area contributed by atoms with E-state index in [9.17, 15) is 9.59 Å². The molecule has 2 rings (SSSR count). The van der Waals surface area contributed by atoms with Gasteiger partial charge in [-0.15, -0.1) is 0 Å². The number of hydrogen-bond donors (Lipinski definition) is 1. The number of nitrogens with one attached hydrogen (secondary N) is 1. The lowest BCUT2D eigenvalue weighted by atomic mass is 9.77. The molecule has 2 aliphatic rings. The zero-order valence-electron chi connectivity index (χ0n) is 9.35. The first-order valence-electron chi connectivity index (χ1n) is 5.63. The molecule has 1 saturated carbocycles. The van der Waals surface area contributed by atoms with Crippen LogP contribution in [0.15, 0.2) is 11.1 Å². The minimum atomic E-state index is -0.184. The van der Waals surface area contributed by atoms with Gasteiger partial charge < -0.3 is 5.32 Å². The van der Waals surface area contributed by atoms with Crippen molar-refractivity contribution in [1.29, 1.82) is 0 Å². The van der Waals surface area contributed by atoms with Gasteiger partial charge in [0.1, 0.15) is 5.78 Å². The van der Waals surface area contributed by atoms with Crippen molar-refractivity contribution in [2.24, 2.45) is 0 Å². The predicted molar refractivity (Wildman–Crippen MR) is 57.3 cm³/mol. The SMILES string of the molecule is CCC1=C(C)C2(CCC(=O)CC2)NC1=O. The summed E-state index contributed by atoms with van der Waals surface area (Å²) in [6.07, 6.45) is 3.57. The number of rotatable bonds is 1. The Labute approximate surface area is 89.9 Å². The Morgan fingerprint density at radius 3 is 2.33 bits per heavy atom. The molecule has 1 spiro atoms. The monoisotopic (exact) mass is 207 g/mol. The van der Waals surface area contributed by atoms with Gasteiger partial charge in [0.25, 0.3) is 0 Å². The van der Waals surface area contributed by atoms with Crippen molar-refractivity contribution in [1.82, 2.24) is 5.32 Å². The summed E-state index contributed by atoms with van der Waals surface area (Å²) in [6, 6.07) is 0. The molecule has 3 nitrogen and oxygen atoms in total. The summed E-state index contributed by atoms with van der Waals surface area (Å²) in [7, 11) is 0. The number of ketones is 1. The lowest BCUT2D eigenvalue weighted by molar-refractivity contribution is -0.123. The Bertz CT molecular complexity index is 345. The van der Waals surface area contributed by atoms with Gasteiger partial charge in [-0.3, -0.25) is 9.59 Å². The van der Waals surface area contributed by atoms with Crippen molar-refractivity contribution in [3.8, 4) is 0 Å². The van der Waals surface area contributed by atoms with E-state index in [0.717, 1.165) is 24.8 Å². The molecular weight excluding hydrogens is 190 g/mol. The first kappa shape index (κ1) is 10.4. The molecule has 0 bridgehead atoms. The summed E-state index contributed by atoms with van der Waals surface area (Å²) < 4.78 is 0. The summed E-state index contributed by atoms with van der Waals surface area (Å²) in [4.78, 5) is 22.9. The van der Waals surface area contributed by atoms with Gasteiger partial charge in [-0.1, -0.05) is 6.92 Å². The summed E-state index contributed by atoms with van der Waals surface area (Å²) in [5.74, 6) is 0.400. The highest BCUT2D eigenvalue weighted by Gasteiger charge is 2.43. The molecule has 0 radical (unpaired) electrons. The van der Waals surface area contributed by atoms with Crippen molar-refractivity contribution < 1.29 is 9.59 Å². The van der Waals surface area contributed by atoms with Crippen LogP contribution in [0, 0.1) is 0 Å². The Morgan fingerprint density at radius 2 is 1.87 bits per heavy atom.